The van der Waals surface area contributed by atoms with Crippen LogP contribution in [0.5, 0.6) is 0 Å². The van der Waals surface area contributed by atoms with Crippen LogP contribution >= 0.6 is 11.8 Å². The third kappa shape index (κ3) is 0.859. The van der Waals surface area contributed by atoms with Crippen LogP contribution in [0.15, 0.2) is 0 Å². The molecule has 0 saturated heterocycles. The van der Waals surface area contributed by atoms with Crippen LogP contribution in [0.1, 0.15) is 35.8 Å². The summed E-state index contributed by atoms with van der Waals surface area (Å²) in [6.45, 7) is 2.14. The Bertz CT molecular complexity index is 326. The van der Waals surface area contributed by atoms with E-state index >= 15 is 0 Å². The second-order valence-corrected chi connectivity index (χ2v) is 4.66. The number of fused-ring (bicyclic) bond motifs is 1. The highest BCUT2D eigenvalue weighted by atomic mass is 32.2. The van der Waals surface area contributed by atoms with Gasteiger partial charge in [0.05, 0.1) is 17.4 Å². The third-order valence-corrected chi connectivity index (χ3v) is 3.67. The van der Waals surface area contributed by atoms with Gasteiger partial charge in [0.15, 0.2) is 0 Å². The van der Waals surface area contributed by atoms with Gasteiger partial charge in [-0.05, 0) is 19.8 Å². The Morgan fingerprint density at radius 1 is 1.42 bits per heavy atom. The molecule has 1 fully saturated rings. The monoisotopic (exact) mass is 180 g/mol. The van der Waals surface area contributed by atoms with Crippen LogP contribution in [0.4, 0.5) is 0 Å². The van der Waals surface area contributed by atoms with Gasteiger partial charge in [0, 0.05) is 17.1 Å². The van der Waals surface area contributed by atoms with E-state index < -0.39 is 0 Å². The van der Waals surface area contributed by atoms with Crippen molar-refractivity contribution in [1.29, 1.82) is 0 Å². The number of aromatic nitrogens is 2. The van der Waals surface area contributed by atoms with Gasteiger partial charge in [0.25, 0.3) is 0 Å². The van der Waals surface area contributed by atoms with Gasteiger partial charge in [-0.25, -0.2) is 0 Å². The molecule has 1 aliphatic carbocycles. The topological polar surface area (TPSA) is 17.8 Å². The van der Waals surface area contributed by atoms with Crippen molar-refractivity contribution >= 4 is 11.8 Å². The normalized spacial score (nSPS) is 21.4. The van der Waals surface area contributed by atoms with Gasteiger partial charge in [-0.3, -0.25) is 4.68 Å². The van der Waals surface area contributed by atoms with Crippen LogP contribution in [0.25, 0.3) is 0 Å². The molecule has 0 atom stereocenters. The molecule has 2 nitrogen and oxygen atoms in total. The zero-order valence-electron chi connectivity index (χ0n) is 7.21. The van der Waals surface area contributed by atoms with E-state index in [1.54, 1.807) is 0 Å². The zero-order chi connectivity index (χ0) is 8.13. The minimum atomic E-state index is 0.756. The molecule has 64 valence electrons. The Balaban J connectivity index is 2.13. The Labute approximate surface area is 76.3 Å². The van der Waals surface area contributed by atoms with Gasteiger partial charge in [-0.1, -0.05) is 0 Å². The van der Waals surface area contributed by atoms with E-state index in [0.29, 0.717) is 0 Å². The lowest BCUT2D eigenvalue weighted by Crippen LogP contribution is -2.00. The fraction of sp³-hybridized carbons (Fsp3) is 0.667. The first-order valence-electron chi connectivity index (χ1n) is 4.51. The maximum atomic E-state index is 4.60. The van der Waals surface area contributed by atoms with Crippen molar-refractivity contribution < 1.29 is 0 Å². The Hall–Kier alpha value is -0.440. The number of hydrogen-bond donors (Lipinski definition) is 0. The average molecular weight is 180 g/mol. The number of nitrogens with zero attached hydrogens (tertiary/aromatic N) is 2. The van der Waals surface area contributed by atoms with Gasteiger partial charge in [0.2, 0.25) is 0 Å². The predicted octanol–water partition coefficient (Wildman–Crippen LogP) is 2.27. The van der Waals surface area contributed by atoms with E-state index in [1.165, 1.54) is 41.3 Å². The summed E-state index contributed by atoms with van der Waals surface area (Å²) in [6.07, 6.45) is 2.69. The van der Waals surface area contributed by atoms with Crippen LogP contribution < -0.4 is 0 Å². The smallest absolute Gasteiger partial charge is 0.0637 e. The summed E-state index contributed by atoms with van der Waals surface area (Å²) >= 11 is 2.02. The molecule has 1 aromatic heterocycles. The van der Waals surface area contributed by atoms with E-state index in [9.17, 15) is 0 Å². The van der Waals surface area contributed by atoms with Crippen molar-refractivity contribution in [3.8, 4) is 0 Å². The van der Waals surface area contributed by atoms with Gasteiger partial charge in [-0.15, -0.1) is 0 Å². The van der Waals surface area contributed by atoms with E-state index in [0.717, 1.165) is 6.04 Å². The van der Waals surface area contributed by atoms with Gasteiger partial charge >= 0.3 is 0 Å². The molecule has 12 heavy (non-hydrogen) atoms. The first kappa shape index (κ1) is 7.01. The summed E-state index contributed by atoms with van der Waals surface area (Å²) < 4.78 is 2.28. The summed E-state index contributed by atoms with van der Waals surface area (Å²) in [4.78, 5) is 0. The first-order chi connectivity index (χ1) is 5.86. The molecular formula is C9H12N2S. The number of aryl methyl sites for hydroxylation is 1. The molecule has 0 unspecified atom stereocenters. The van der Waals surface area contributed by atoms with Gasteiger partial charge in [-0.2, -0.15) is 16.9 Å². The maximum absolute atomic E-state index is 4.60. The third-order valence-electron chi connectivity index (χ3n) is 2.70. The fourth-order valence-corrected chi connectivity index (χ4v) is 3.02. The van der Waals surface area contributed by atoms with Crippen molar-refractivity contribution in [2.24, 2.45) is 0 Å². The number of thioether (sulfide) groups is 1. The second kappa shape index (κ2) is 2.28. The van der Waals surface area contributed by atoms with Crippen molar-refractivity contribution in [2.75, 3.05) is 0 Å². The molecule has 1 aliphatic heterocycles. The molecule has 0 amide bonds. The Kier molecular flexibility index (Phi) is 1.33. The van der Waals surface area contributed by atoms with Crippen molar-refractivity contribution in [2.45, 2.75) is 37.3 Å². The lowest BCUT2D eigenvalue weighted by Gasteiger charge is -2.00. The first-order valence-corrected chi connectivity index (χ1v) is 5.66. The lowest BCUT2D eigenvalue weighted by molar-refractivity contribution is 0.615. The zero-order valence-corrected chi connectivity index (χ0v) is 8.02. The van der Waals surface area contributed by atoms with E-state index in [2.05, 4.69) is 16.7 Å². The fourth-order valence-electron chi connectivity index (χ4n) is 1.84. The summed E-state index contributed by atoms with van der Waals surface area (Å²) in [7, 11) is 0. The summed E-state index contributed by atoms with van der Waals surface area (Å²) in [5.74, 6) is 2.38. The summed E-state index contributed by atoms with van der Waals surface area (Å²) in [5.41, 5.74) is 4.30. The lowest BCUT2D eigenvalue weighted by atomic mass is 10.2. The van der Waals surface area contributed by atoms with Crippen LogP contribution in [-0.2, 0) is 11.5 Å². The standard InChI is InChI=1S/C9H12N2S/c1-6-8-4-12-5-9(8)11(10-6)7-2-3-7/h7H,2-5H2,1H3. The van der Waals surface area contributed by atoms with Crippen LogP contribution in [0.3, 0.4) is 0 Å². The Morgan fingerprint density at radius 3 is 3.00 bits per heavy atom. The molecule has 0 spiro atoms. The molecule has 1 aromatic rings. The maximum Gasteiger partial charge on any atom is 0.0637 e. The van der Waals surface area contributed by atoms with Gasteiger partial charge < -0.3 is 0 Å². The molecule has 3 rings (SSSR count). The second-order valence-electron chi connectivity index (χ2n) is 3.68. The summed E-state index contributed by atoms with van der Waals surface area (Å²) in [6, 6.07) is 0.756. The molecule has 2 heterocycles. The van der Waals surface area contributed by atoms with Crippen LogP contribution in [0.2, 0.25) is 0 Å². The minimum Gasteiger partial charge on any atom is -0.265 e. The van der Waals surface area contributed by atoms with Crippen LogP contribution in [0, 0.1) is 6.92 Å². The van der Waals surface area contributed by atoms with Crippen LogP contribution in [-0.4, -0.2) is 9.78 Å². The molecular weight excluding hydrogens is 168 g/mol. The quantitative estimate of drug-likeness (QED) is 0.660. The van der Waals surface area contributed by atoms with Crippen molar-refractivity contribution in [1.82, 2.24) is 9.78 Å². The summed E-state index contributed by atoms with van der Waals surface area (Å²) in [5, 5.41) is 4.60. The van der Waals surface area contributed by atoms with Crippen molar-refractivity contribution in [3.05, 3.63) is 17.0 Å². The highest BCUT2D eigenvalue weighted by molar-refractivity contribution is 7.98. The molecule has 0 radical (unpaired) electrons. The number of rotatable bonds is 1. The number of hydrogen-bond acceptors (Lipinski definition) is 2. The minimum absolute atomic E-state index is 0.756. The SMILES string of the molecule is Cc1nn(C2CC2)c2c1CSC2. The molecule has 2 aliphatic rings. The Morgan fingerprint density at radius 2 is 2.25 bits per heavy atom. The van der Waals surface area contributed by atoms with E-state index in [-0.39, 0.29) is 0 Å². The van der Waals surface area contributed by atoms with Crippen molar-refractivity contribution in [3.63, 3.8) is 0 Å². The molecule has 0 aromatic carbocycles. The molecule has 0 bridgehead atoms. The van der Waals surface area contributed by atoms with E-state index in [1.807, 2.05) is 11.8 Å². The van der Waals surface area contributed by atoms with E-state index in [4.69, 9.17) is 0 Å². The highest BCUT2D eigenvalue weighted by Gasteiger charge is 2.30. The van der Waals surface area contributed by atoms with Gasteiger partial charge in [0.1, 0.15) is 0 Å². The average Bonchev–Trinajstić information content (AvgIpc) is 2.68. The molecule has 0 N–H and O–H groups in total. The molecule has 1 saturated carbocycles. The molecule has 3 heteroatoms. The predicted molar refractivity (Wildman–Crippen MR) is 50.2 cm³/mol. The highest BCUT2D eigenvalue weighted by Crippen LogP contribution is 2.40. The largest absolute Gasteiger partial charge is 0.265 e.